The first kappa shape index (κ1) is 25.7. The van der Waals surface area contributed by atoms with Gasteiger partial charge in [-0.15, -0.1) is 0 Å². The molecule has 2 atom stereocenters. The number of nitrogens with zero attached hydrogens (tertiary/aromatic N) is 2. The summed E-state index contributed by atoms with van der Waals surface area (Å²) in [7, 11) is 0. The van der Waals surface area contributed by atoms with Crippen LogP contribution < -0.4 is 5.32 Å². The van der Waals surface area contributed by atoms with E-state index in [1.165, 1.54) is 30.4 Å². The molecule has 5 nitrogen and oxygen atoms in total. The van der Waals surface area contributed by atoms with Crippen LogP contribution in [0.25, 0.3) is 0 Å². The molecule has 0 bridgehead atoms. The predicted octanol–water partition coefficient (Wildman–Crippen LogP) is 5.44. The summed E-state index contributed by atoms with van der Waals surface area (Å²) in [6.07, 6.45) is 6.71. The van der Waals surface area contributed by atoms with Gasteiger partial charge in [-0.25, -0.2) is 0 Å². The molecule has 4 rings (SSSR count). The van der Waals surface area contributed by atoms with Crippen LogP contribution in [0, 0.1) is 5.92 Å². The normalized spacial score (nSPS) is 19.2. The number of halogens is 1. The zero-order valence-electron chi connectivity index (χ0n) is 20.8. The van der Waals surface area contributed by atoms with Gasteiger partial charge in [0.05, 0.1) is 6.04 Å². The number of carbonyl (C=O) groups is 2. The summed E-state index contributed by atoms with van der Waals surface area (Å²) in [4.78, 5) is 29.8. The van der Waals surface area contributed by atoms with Gasteiger partial charge in [-0.2, -0.15) is 0 Å². The second-order valence-electron chi connectivity index (χ2n) is 10.2. The van der Waals surface area contributed by atoms with Gasteiger partial charge in [-0.05, 0) is 42.0 Å². The third kappa shape index (κ3) is 7.31. The van der Waals surface area contributed by atoms with Crippen LogP contribution in [-0.4, -0.2) is 53.8 Å². The van der Waals surface area contributed by atoms with E-state index < -0.39 is 0 Å². The summed E-state index contributed by atoms with van der Waals surface area (Å²) < 4.78 is 0. The van der Waals surface area contributed by atoms with Crippen molar-refractivity contribution in [2.24, 2.45) is 5.92 Å². The average molecular weight is 496 g/mol. The van der Waals surface area contributed by atoms with Crippen LogP contribution in [0.4, 0.5) is 0 Å². The summed E-state index contributed by atoms with van der Waals surface area (Å²) in [6, 6.07) is 19.0. The number of nitrogens with one attached hydrogen (secondary N) is 1. The van der Waals surface area contributed by atoms with E-state index in [9.17, 15) is 9.59 Å². The summed E-state index contributed by atoms with van der Waals surface area (Å²) >= 11 is 6.14. The molecule has 35 heavy (non-hydrogen) atoms. The van der Waals surface area contributed by atoms with Gasteiger partial charge in [0.1, 0.15) is 0 Å². The van der Waals surface area contributed by atoms with Gasteiger partial charge < -0.3 is 10.2 Å². The summed E-state index contributed by atoms with van der Waals surface area (Å²) in [6.45, 7) is 5.04. The highest BCUT2D eigenvalue weighted by atomic mass is 35.5. The van der Waals surface area contributed by atoms with E-state index in [2.05, 4.69) is 46.6 Å². The predicted molar refractivity (Wildman–Crippen MR) is 141 cm³/mol. The minimum absolute atomic E-state index is 0.0512. The third-order valence-electron chi connectivity index (χ3n) is 7.36. The number of rotatable bonds is 8. The molecule has 2 fully saturated rings. The maximum absolute atomic E-state index is 13.0. The van der Waals surface area contributed by atoms with Crippen LogP contribution in [-0.2, 0) is 9.59 Å². The van der Waals surface area contributed by atoms with Crippen molar-refractivity contribution in [3.63, 3.8) is 0 Å². The van der Waals surface area contributed by atoms with Crippen LogP contribution in [0.5, 0.6) is 0 Å². The Hall–Kier alpha value is -2.37. The number of hydrogen-bond donors (Lipinski definition) is 1. The Morgan fingerprint density at radius 1 is 0.886 bits per heavy atom. The maximum atomic E-state index is 13.0. The number of benzene rings is 2. The topological polar surface area (TPSA) is 52.7 Å². The summed E-state index contributed by atoms with van der Waals surface area (Å²) in [5.41, 5.74) is 2.45. The van der Waals surface area contributed by atoms with Crippen molar-refractivity contribution >= 4 is 23.4 Å². The van der Waals surface area contributed by atoms with Crippen LogP contribution in [0.3, 0.4) is 0 Å². The summed E-state index contributed by atoms with van der Waals surface area (Å²) in [5, 5.41) is 3.91. The lowest BCUT2D eigenvalue weighted by molar-refractivity contribution is -0.134. The zero-order valence-corrected chi connectivity index (χ0v) is 21.6. The van der Waals surface area contributed by atoms with E-state index in [1.807, 2.05) is 30.0 Å². The van der Waals surface area contributed by atoms with Gasteiger partial charge >= 0.3 is 0 Å². The summed E-state index contributed by atoms with van der Waals surface area (Å²) in [5.74, 6) is 0.302. The largest absolute Gasteiger partial charge is 0.353 e. The van der Waals surface area contributed by atoms with E-state index in [0.29, 0.717) is 32.0 Å². The highest BCUT2D eigenvalue weighted by Crippen LogP contribution is 2.30. The smallest absolute Gasteiger partial charge is 0.222 e. The minimum atomic E-state index is 0.0512. The fourth-order valence-electron chi connectivity index (χ4n) is 5.47. The highest BCUT2D eigenvalue weighted by molar-refractivity contribution is 6.30. The molecule has 0 aromatic heterocycles. The fraction of sp³-hybridized carbons (Fsp3) is 0.517. The van der Waals surface area contributed by atoms with Gasteiger partial charge in [-0.1, -0.05) is 80.3 Å². The van der Waals surface area contributed by atoms with E-state index >= 15 is 0 Å². The molecule has 1 N–H and O–H groups in total. The van der Waals surface area contributed by atoms with Crippen molar-refractivity contribution in [3.05, 3.63) is 70.7 Å². The van der Waals surface area contributed by atoms with Crippen LogP contribution in [0.15, 0.2) is 54.6 Å². The molecular weight excluding hydrogens is 458 g/mol. The Labute approximate surface area is 214 Å². The lowest BCUT2D eigenvalue weighted by Gasteiger charge is -2.40. The Morgan fingerprint density at radius 3 is 2.17 bits per heavy atom. The molecule has 1 aliphatic heterocycles. The van der Waals surface area contributed by atoms with Crippen molar-refractivity contribution in [2.45, 2.75) is 64.0 Å². The molecule has 2 unspecified atom stereocenters. The Kier molecular flexibility index (Phi) is 9.22. The van der Waals surface area contributed by atoms with Gasteiger partial charge in [0.15, 0.2) is 0 Å². The van der Waals surface area contributed by atoms with Gasteiger partial charge in [0.2, 0.25) is 11.8 Å². The molecule has 2 aromatic rings. The van der Waals surface area contributed by atoms with Crippen LogP contribution in [0.2, 0.25) is 5.02 Å². The molecule has 0 radical (unpaired) electrons. The van der Waals surface area contributed by atoms with Crippen molar-refractivity contribution < 1.29 is 9.59 Å². The Balaban J connectivity index is 1.29. The second-order valence-corrected chi connectivity index (χ2v) is 10.6. The first-order valence-electron chi connectivity index (χ1n) is 13.1. The fourth-order valence-corrected chi connectivity index (χ4v) is 5.60. The molecule has 1 aliphatic carbocycles. The van der Waals surface area contributed by atoms with Crippen molar-refractivity contribution in [1.29, 1.82) is 0 Å². The van der Waals surface area contributed by atoms with E-state index in [-0.39, 0.29) is 23.8 Å². The van der Waals surface area contributed by atoms with Crippen molar-refractivity contribution in [3.8, 4) is 0 Å². The SMILES string of the molecule is CC(CC(=O)NC1CCCCC1)CC(=O)N1CCN(C(c2ccccc2)c2ccc(Cl)cc2)CC1. The molecule has 2 amide bonds. The molecule has 1 saturated carbocycles. The number of amides is 2. The van der Waals surface area contributed by atoms with Crippen molar-refractivity contribution in [2.75, 3.05) is 26.2 Å². The van der Waals surface area contributed by atoms with Crippen LogP contribution in [0.1, 0.15) is 69.0 Å². The van der Waals surface area contributed by atoms with E-state index in [0.717, 1.165) is 31.0 Å². The zero-order chi connectivity index (χ0) is 24.6. The first-order valence-corrected chi connectivity index (χ1v) is 13.5. The minimum Gasteiger partial charge on any atom is -0.353 e. The van der Waals surface area contributed by atoms with E-state index in [4.69, 9.17) is 11.6 Å². The number of carbonyl (C=O) groups excluding carboxylic acids is 2. The molecule has 2 aromatic carbocycles. The third-order valence-corrected chi connectivity index (χ3v) is 7.61. The molecule has 6 heteroatoms. The molecule has 2 aliphatic rings. The standard InChI is InChI=1S/C29H38ClN3O2/c1-22(20-27(34)31-26-10-6-3-7-11-26)21-28(35)32-16-18-33(19-17-32)29(23-8-4-2-5-9-23)24-12-14-25(30)15-13-24/h2,4-5,8-9,12-15,22,26,29H,3,6-7,10-11,16-21H2,1H3,(H,31,34). The maximum Gasteiger partial charge on any atom is 0.222 e. The van der Waals surface area contributed by atoms with Crippen LogP contribution >= 0.6 is 11.6 Å². The van der Waals surface area contributed by atoms with Gasteiger partial charge in [-0.3, -0.25) is 14.5 Å². The Morgan fingerprint density at radius 2 is 1.51 bits per heavy atom. The molecular formula is C29H38ClN3O2. The average Bonchev–Trinajstić information content (AvgIpc) is 2.87. The molecule has 188 valence electrons. The second kappa shape index (κ2) is 12.5. The molecule has 1 heterocycles. The molecule has 0 spiro atoms. The van der Waals surface area contributed by atoms with Crippen molar-refractivity contribution in [1.82, 2.24) is 15.1 Å². The quantitative estimate of drug-likeness (QED) is 0.530. The lowest BCUT2D eigenvalue weighted by atomic mass is 9.95. The van der Waals surface area contributed by atoms with Gasteiger partial charge in [0, 0.05) is 50.1 Å². The molecule has 1 saturated heterocycles. The number of piperazine rings is 1. The Bertz CT molecular complexity index is 952. The lowest BCUT2D eigenvalue weighted by Crippen LogP contribution is -2.50. The van der Waals surface area contributed by atoms with Gasteiger partial charge in [0.25, 0.3) is 0 Å². The highest BCUT2D eigenvalue weighted by Gasteiger charge is 2.29. The van der Waals surface area contributed by atoms with E-state index in [1.54, 1.807) is 0 Å². The first-order chi connectivity index (χ1) is 17.0. The monoisotopic (exact) mass is 495 g/mol. The number of hydrogen-bond acceptors (Lipinski definition) is 3.